The first kappa shape index (κ1) is 19.2. The summed E-state index contributed by atoms with van der Waals surface area (Å²) in [6, 6.07) is 9.24. The van der Waals surface area contributed by atoms with Gasteiger partial charge in [-0.1, -0.05) is 47.1 Å². The molecule has 0 bridgehead atoms. The maximum absolute atomic E-state index is 12.0. The number of carbonyl (C=O) groups excluding carboxylic acids is 1. The van der Waals surface area contributed by atoms with Crippen molar-refractivity contribution in [3.05, 3.63) is 75.0 Å². The summed E-state index contributed by atoms with van der Waals surface area (Å²) in [5.41, 5.74) is 2.74. The Labute approximate surface area is 170 Å². The van der Waals surface area contributed by atoms with Crippen LogP contribution in [0.5, 0.6) is 0 Å². The molecule has 0 fully saturated rings. The predicted octanol–water partition coefficient (Wildman–Crippen LogP) is 5.00. The lowest BCUT2D eigenvalue weighted by atomic mass is 10.2. The number of nitrogens with zero attached hydrogens (tertiary/aromatic N) is 2. The van der Waals surface area contributed by atoms with Crippen LogP contribution in [0.25, 0.3) is 0 Å². The molecule has 4 nitrogen and oxygen atoms in total. The zero-order valence-corrected chi connectivity index (χ0v) is 16.8. The Hall–Kier alpha value is -1.60. The maximum atomic E-state index is 12.0. The molecular formula is C18H15Cl2N3OS2. The average molecular weight is 424 g/mol. The average Bonchev–Trinajstić information content (AvgIpc) is 3.07. The number of thioether (sulfide) groups is 1. The zero-order valence-electron chi connectivity index (χ0n) is 13.6. The van der Waals surface area contributed by atoms with E-state index in [4.69, 9.17) is 23.2 Å². The minimum Gasteiger partial charge on any atom is -0.352 e. The first-order chi connectivity index (χ1) is 12.6. The number of nitrogens with one attached hydrogen (secondary N) is 1. The van der Waals surface area contributed by atoms with Crippen LogP contribution >= 0.6 is 46.3 Å². The lowest BCUT2D eigenvalue weighted by Crippen LogP contribution is -2.24. The second-order valence-corrected chi connectivity index (χ2v) is 8.37. The fourth-order valence-corrected chi connectivity index (χ4v) is 4.55. The normalized spacial score (nSPS) is 10.7. The highest BCUT2D eigenvalue weighted by atomic mass is 35.5. The van der Waals surface area contributed by atoms with Crippen molar-refractivity contribution in [2.75, 3.05) is 0 Å². The minimum atomic E-state index is -0.0588. The summed E-state index contributed by atoms with van der Waals surface area (Å²) in [6.45, 7) is 0.466. The Balaban J connectivity index is 1.48. The van der Waals surface area contributed by atoms with Crippen LogP contribution in [0.4, 0.5) is 0 Å². The second kappa shape index (κ2) is 9.37. The van der Waals surface area contributed by atoms with E-state index in [-0.39, 0.29) is 12.3 Å². The van der Waals surface area contributed by atoms with Gasteiger partial charge in [-0.2, -0.15) is 0 Å². The van der Waals surface area contributed by atoms with Crippen molar-refractivity contribution in [2.24, 2.45) is 0 Å². The second-order valence-electron chi connectivity index (χ2n) is 5.44. The topological polar surface area (TPSA) is 54.9 Å². The standard InChI is InChI=1S/C18H15Cl2N3OS2/c19-14-4-3-13(16(20)6-14)10-25-18-23-15(11-26-18)7-17(24)22-9-12-2-1-5-21-8-12/h1-6,8,11H,7,9-10H2,(H,22,24). The Kier molecular flexibility index (Phi) is 6.91. The van der Waals surface area contributed by atoms with Crippen LogP contribution < -0.4 is 5.32 Å². The molecular weight excluding hydrogens is 409 g/mol. The Morgan fingerprint density at radius 1 is 1.27 bits per heavy atom. The summed E-state index contributed by atoms with van der Waals surface area (Å²) in [7, 11) is 0. The number of rotatable bonds is 7. The molecule has 0 aliphatic heterocycles. The van der Waals surface area contributed by atoms with Gasteiger partial charge >= 0.3 is 0 Å². The summed E-state index contributed by atoms with van der Waals surface area (Å²) in [6.07, 6.45) is 3.70. The molecule has 0 aliphatic rings. The number of aromatic nitrogens is 2. The fraction of sp³-hybridized carbons (Fsp3) is 0.167. The molecule has 1 N–H and O–H groups in total. The van der Waals surface area contributed by atoms with E-state index in [2.05, 4.69) is 15.3 Å². The van der Waals surface area contributed by atoms with E-state index in [9.17, 15) is 4.79 Å². The van der Waals surface area contributed by atoms with Gasteiger partial charge in [0.1, 0.15) is 4.34 Å². The molecule has 0 radical (unpaired) electrons. The molecule has 0 atom stereocenters. The number of thiazole rings is 1. The minimum absolute atomic E-state index is 0.0588. The van der Waals surface area contributed by atoms with Crippen molar-refractivity contribution >= 4 is 52.2 Å². The highest BCUT2D eigenvalue weighted by Crippen LogP contribution is 2.30. The molecule has 2 heterocycles. The van der Waals surface area contributed by atoms with Gasteiger partial charge in [0, 0.05) is 40.1 Å². The predicted molar refractivity (Wildman–Crippen MR) is 108 cm³/mol. The number of benzene rings is 1. The molecule has 8 heteroatoms. The molecule has 3 rings (SSSR count). The van der Waals surface area contributed by atoms with Gasteiger partial charge in [0.25, 0.3) is 0 Å². The van der Waals surface area contributed by atoms with Gasteiger partial charge in [0.2, 0.25) is 5.91 Å². The summed E-state index contributed by atoms with van der Waals surface area (Å²) in [5, 5.41) is 6.06. The third kappa shape index (κ3) is 5.71. The van der Waals surface area contributed by atoms with Gasteiger partial charge < -0.3 is 5.32 Å². The highest BCUT2D eigenvalue weighted by Gasteiger charge is 2.09. The summed E-state index contributed by atoms with van der Waals surface area (Å²) in [4.78, 5) is 20.6. The van der Waals surface area contributed by atoms with E-state index < -0.39 is 0 Å². The monoisotopic (exact) mass is 423 g/mol. The summed E-state index contributed by atoms with van der Waals surface area (Å²) < 4.78 is 0.908. The first-order valence-electron chi connectivity index (χ1n) is 7.77. The van der Waals surface area contributed by atoms with Gasteiger partial charge in [-0.05, 0) is 29.3 Å². The van der Waals surface area contributed by atoms with Crippen LogP contribution in [0.2, 0.25) is 10.0 Å². The third-order valence-electron chi connectivity index (χ3n) is 3.45. The lowest BCUT2D eigenvalue weighted by molar-refractivity contribution is -0.120. The molecule has 0 spiro atoms. The van der Waals surface area contributed by atoms with Crippen molar-refractivity contribution in [1.29, 1.82) is 0 Å². The number of carbonyl (C=O) groups is 1. The van der Waals surface area contributed by atoms with E-state index >= 15 is 0 Å². The molecule has 1 aromatic carbocycles. The SMILES string of the molecule is O=C(Cc1csc(SCc2ccc(Cl)cc2Cl)n1)NCc1cccnc1. The fourth-order valence-electron chi connectivity index (χ4n) is 2.14. The van der Waals surface area contributed by atoms with Crippen molar-refractivity contribution in [3.8, 4) is 0 Å². The number of amides is 1. The molecule has 26 heavy (non-hydrogen) atoms. The number of hydrogen-bond acceptors (Lipinski definition) is 5. The quantitative estimate of drug-likeness (QED) is 0.543. The van der Waals surface area contributed by atoms with Crippen LogP contribution in [-0.2, 0) is 23.5 Å². The molecule has 0 unspecified atom stereocenters. The Morgan fingerprint density at radius 2 is 2.15 bits per heavy atom. The van der Waals surface area contributed by atoms with Gasteiger partial charge in [-0.3, -0.25) is 9.78 Å². The Morgan fingerprint density at radius 3 is 2.92 bits per heavy atom. The van der Waals surface area contributed by atoms with Crippen molar-refractivity contribution in [1.82, 2.24) is 15.3 Å². The van der Waals surface area contributed by atoms with Crippen molar-refractivity contribution in [3.63, 3.8) is 0 Å². The highest BCUT2D eigenvalue weighted by molar-refractivity contribution is 8.00. The Bertz CT molecular complexity index is 887. The van der Waals surface area contributed by atoms with Crippen LogP contribution in [-0.4, -0.2) is 15.9 Å². The first-order valence-corrected chi connectivity index (χ1v) is 10.4. The van der Waals surface area contributed by atoms with E-state index in [0.717, 1.165) is 21.2 Å². The van der Waals surface area contributed by atoms with E-state index in [1.54, 1.807) is 30.2 Å². The third-order valence-corrected chi connectivity index (χ3v) is 6.16. The zero-order chi connectivity index (χ0) is 18.4. The number of hydrogen-bond donors (Lipinski definition) is 1. The molecule has 3 aromatic rings. The van der Waals surface area contributed by atoms with Crippen molar-refractivity contribution in [2.45, 2.75) is 23.1 Å². The van der Waals surface area contributed by atoms with Gasteiger partial charge in [-0.15, -0.1) is 11.3 Å². The molecule has 0 saturated carbocycles. The molecule has 134 valence electrons. The van der Waals surface area contributed by atoms with Gasteiger partial charge in [0.05, 0.1) is 12.1 Å². The van der Waals surface area contributed by atoms with Crippen LogP contribution in [0.1, 0.15) is 16.8 Å². The van der Waals surface area contributed by atoms with E-state index in [1.807, 2.05) is 29.6 Å². The smallest absolute Gasteiger partial charge is 0.226 e. The largest absolute Gasteiger partial charge is 0.352 e. The van der Waals surface area contributed by atoms with E-state index in [0.29, 0.717) is 22.3 Å². The van der Waals surface area contributed by atoms with Crippen LogP contribution in [0.3, 0.4) is 0 Å². The van der Waals surface area contributed by atoms with Crippen LogP contribution in [0, 0.1) is 0 Å². The van der Waals surface area contributed by atoms with Crippen molar-refractivity contribution < 1.29 is 4.79 Å². The molecule has 0 saturated heterocycles. The van der Waals surface area contributed by atoms with Crippen LogP contribution in [0.15, 0.2) is 52.4 Å². The molecule has 0 aliphatic carbocycles. The molecule has 1 amide bonds. The maximum Gasteiger partial charge on any atom is 0.226 e. The van der Waals surface area contributed by atoms with E-state index in [1.165, 1.54) is 11.3 Å². The number of halogens is 2. The van der Waals surface area contributed by atoms with Gasteiger partial charge in [-0.25, -0.2) is 4.98 Å². The summed E-state index contributed by atoms with van der Waals surface area (Å²) in [5.74, 6) is 0.646. The summed E-state index contributed by atoms with van der Waals surface area (Å²) >= 11 is 15.2. The van der Waals surface area contributed by atoms with Gasteiger partial charge in [0.15, 0.2) is 0 Å². The number of pyridine rings is 1. The lowest BCUT2D eigenvalue weighted by Gasteiger charge is -2.04. The molecule has 2 aromatic heterocycles.